The van der Waals surface area contributed by atoms with Crippen molar-refractivity contribution in [1.29, 1.82) is 0 Å². The third-order valence-corrected chi connectivity index (χ3v) is 6.32. The lowest BCUT2D eigenvalue weighted by Crippen LogP contribution is -2.28. The Hall–Kier alpha value is -2.71. The minimum absolute atomic E-state index is 0.000166. The first-order chi connectivity index (χ1) is 12.9. The molecule has 3 rings (SSSR count). The van der Waals surface area contributed by atoms with Crippen molar-refractivity contribution in [2.45, 2.75) is 24.2 Å². The van der Waals surface area contributed by atoms with Gasteiger partial charge in [-0.25, -0.2) is 8.42 Å². The number of carbonyl (C=O) groups excluding carboxylic acids is 2. The molecule has 1 heterocycles. The van der Waals surface area contributed by atoms with Crippen LogP contribution >= 0.6 is 0 Å². The van der Waals surface area contributed by atoms with Crippen molar-refractivity contribution in [3.63, 3.8) is 0 Å². The molecule has 0 spiro atoms. The zero-order chi connectivity index (χ0) is 19.4. The van der Waals surface area contributed by atoms with Crippen LogP contribution in [-0.4, -0.2) is 37.6 Å². The van der Waals surface area contributed by atoms with Gasteiger partial charge in [-0.05, 0) is 42.7 Å². The van der Waals surface area contributed by atoms with E-state index >= 15 is 0 Å². The van der Waals surface area contributed by atoms with Gasteiger partial charge in [-0.3, -0.25) is 9.59 Å². The molecule has 1 aliphatic rings. The standard InChI is InChI=1S/C19H21N3O4S/c20-18(23)13-14-6-1-2-9-17(14)21-19(24)15-7-5-8-16(12-15)27(25,26)22-10-3-4-11-22/h1-2,5-9,12H,3-4,10-11,13H2,(H2,20,23)(H,21,24). The minimum Gasteiger partial charge on any atom is -0.369 e. The van der Waals surface area contributed by atoms with Crippen LogP contribution in [0.3, 0.4) is 0 Å². The Kier molecular flexibility index (Phi) is 5.57. The van der Waals surface area contributed by atoms with Crippen molar-refractivity contribution in [1.82, 2.24) is 4.31 Å². The number of carbonyl (C=O) groups is 2. The molecule has 0 bridgehead atoms. The summed E-state index contributed by atoms with van der Waals surface area (Å²) in [6.45, 7) is 0.999. The van der Waals surface area contributed by atoms with E-state index in [4.69, 9.17) is 5.73 Å². The maximum Gasteiger partial charge on any atom is 0.255 e. The van der Waals surface area contributed by atoms with Gasteiger partial charge in [0.1, 0.15) is 0 Å². The molecule has 0 radical (unpaired) electrons. The first kappa shape index (κ1) is 19.1. The summed E-state index contributed by atoms with van der Waals surface area (Å²) in [4.78, 5) is 23.9. The number of hydrogen-bond donors (Lipinski definition) is 2. The van der Waals surface area contributed by atoms with Gasteiger partial charge in [-0.15, -0.1) is 0 Å². The first-order valence-electron chi connectivity index (χ1n) is 8.66. The van der Waals surface area contributed by atoms with Gasteiger partial charge < -0.3 is 11.1 Å². The van der Waals surface area contributed by atoms with Crippen molar-refractivity contribution < 1.29 is 18.0 Å². The third-order valence-electron chi connectivity index (χ3n) is 4.43. The number of rotatable bonds is 6. The van der Waals surface area contributed by atoms with Crippen LogP contribution in [0.4, 0.5) is 5.69 Å². The van der Waals surface area contributed by atoms with Crippen LogP contribution in [0.5, 0.6) is 0 Å². The van der Waals surface area contributed by atoms with E-state index in [1.54, 1.807) is 36.4 Å². The average Bonchev–Trinajstić information content (AvgIpc) is 3.18. The average molecular weight is 387 g/mol. The van der Waals surface area contributed by atoms with Gasteiger partial charge in [-0.1, -0.05) is 24.3 Å². The van der Waals surface area contributed by atoms with Gasteiger partial charge in [0.2, 0.25) is 15.9 Å². The number of sulfonamides is 1. The molecule has 2 amide bonds. The molecule has 142 valence electrons. The summed E-state index contributed by atoms with van der Waals surface area (Å²) < 4.78 is 26.8. The SMILES string of the molecule is NC(=O)Cc1ccccc1NC(=O)c1cccc(S(=O)(=O)N2CCCC2)c1. The van der Waals surface area contributed by atoms with Crippen molar-refractivity contribution >= 4 is 27.5 Å². The number of benzene rings is 2. The van der Waals surface area contributed by atoms with Crippen LogP contribution in [0.15, 0.2) is 53.4 Å². The molecule has 0 unspecified atom stereocenters. The fourth-order valence-corrected chi connectivity index (χ4v) is 4.62. The maximum absolute atomic E-state index is 12.7. The number of hydrogen-bond acceptors (Lipinski definition) is 4. The molecule has 0 saturated carbocycles. The van der Waals surface area contributed by atoms with E-state index in [0.717, 1.165) is 12.8 Å². The minimum atomic E-state index is -3.60. The highest BCUT2D eigenvalue weighted by Gasteiger charge is 2.27. The Morgan fingerprint density at radius 1 is 1.04 bits per heavy atom. The normalized spacial score (nSPS) is 14.8. The Bertz CT molecular complexity index is 966. The second-order valence-corrected chi connectivity index (χ2v) is 8.33. The summed E-state index contributed by atoms with van der Waals surface area (Å²) in [7, 11) is -3.60. The molecule has 0 aromatic heterocycles. The lowest BCUT2D eigenvalue weighted by Gasteiger charge is -2.16. The number of primary amides is 1. The van der Waals surface area contributed by atoms with Gasteiger partial charge >= 0.3 is 0 Å². The van der Waals surface area contributed by atoms with Crippen molar-refractivity contribution in [2.24, 2.45) is 5.73 Å². The number of para-hydroxylation sites is 1. The Morgan fingerprint density at radius 3 is 2.44 bits per heavy atom. The molecule has 2 aromatic carbocycles. The van der Waals surface area contributed by atoms with Gasteiger partial charge in [0.15, 0.2) is 0 Å². The zero-order valence-corrected chi connectivity index (χ0v) is 15.5. The summed E-state index contributed by atoms with van der Waals surface area (Å²) in [5, 5.41) is 2.73. The Morgan fingerprint density at radius 2 is 1.74 bits per heavy atom. The van der Waals surface area contributed by atoms with E-state index < -0.39 is 21.8 Å². The Balaban J connectivity index is 1.84. The van der Waals surface area contributed by atoms with Gasteiger partial charge in [0.05, 0.1) is 11.3 Å². The molecule has 7 nitrogen and oxygen atoms in total. The number of nitrogens with one attached hydrogen (secondary N) is 1. The van der Waals surface area contributed by atoms with Crippen LogP contribution in [0.25, 0.3) is 0 Å². The molecule has 8 heteroatoms. The smallest absolute Gasteiger partial charge is 0.255 e. The van der Waals surface area contributed by atoms with Crippen LogP contribution < -0.4 is 11.1 Å². The first-order valence-corrected chi connectivity index (χ1v) is 10.1. The van der Waals surface area contributed by atoms with Crippen LogP contribution in [0.2, 0.25) is 0 Å². The molecule has 1 saturated heterocycles. The second-order valence-electron chi connectivity index (χ2n) is 6.39. The molecule has 27 heavy (non-hydrogen) atoms. The van der Waals surface area contributed by atoms with E-state index in [1.165, 1.54) is 16.4 Å². The largest absolute Gasteiger partial charge is 0.369 e. The monoisotopic (exact) mass is 387 g/mol. The van der Waals surface area contributed by atoms with Gasteiger partial charge in [0.25, 0.3) is 5.91 Å². The molecule has 0 aliphatic carbocycles. The fraction of sp³-hybridized carbons (Fsp3) is 0.263. The van der Waals surface area contributed by atoms with Crippen LogP contribution in [0, 0.1) is 0 Å². The predicted molar refractivity (Wildman–Crippen MR) is 102 cm³/mol. The summed E-state index contributed by atoms with van der Waals surface area (Å²) in [5.74, 6) is -0.958. The molecule has 1 fully saturated rings. The highest BCUT2D eigenvalue weighted by molar-refractivity contribution is 7.89. The molecule has 1 aliphatic heterocycles. The number of nitrogens with two attached hydrogens (primary N) is 1. The van der Waals surface area contributed by atoms with E-state index in [9.17, 15) is 18.0 Å². The van der Waals surface area contributed by atoms with E-state index in [0.29, 0.717) is 24.3 Å². The van der Waals surface area contributed by atoms with Crippen LogP contribution in [-0.2, 0) is 21.2 Å². The fourth-order valence-electron chi connectivity index (χ4n) is 3.05. The van der Waals surface area contributed by atoms with Crippen LogP contribution in [0.1, 0.15) is 28.8 Å². The highest BCUT2D eigenvalue weighted by atomic mass is 32.2. The number of anilines is 1. The maximum atomic E-state index is 12.7. The van der Waals surface area contributed by atoms with Crippen molar-refractivity contribution in [3.8, 4) is 0 Å². The number of amides is 2. The molecular weight excluding hydrogens is 366 g/mol. The van der Waals surface area contributed by atoms with Crippen molar-refractivity contribution in [2.75, 3.05) is 18.4 Å². The summed E-state index contributed by atoms with van der Waals surface area (Å²) in [6, 6.07) is 12.8. The van der Waals surface area contributed by atoms with Gasteiger partial charge in [0, 0.05) is 24.3 Å². The predicted octanol–water partition coefficient (Wildman–Crippen LogP) is 1.75. The van der Waals surface area contributed by atoms with E-state index in [-0.39, 0.29) is 16.9 Å². The molecule has 0 atom stereocenters. The quantitative estimate of drug-likeness (QED) is 0.787. The second kappa shape index (κ2) is 7.89. The van der Waals surface area contributed by atoms with Crippen molar-refractivity contribution in [3.05, 3.63) is 59.7 Å². The summed E-state index contributed by atoms with van der Waals surface area (Å²) in [6.07, 6.45) is 1.69. The topological polar surface area (TPSA) is 110 Å². The Labute approximate surface area is 158 Å². The lowest BCUT2D eigenvalue weighted by molar-refractivity contribution is -0.117. The summed E-state index contributed by atoms with van der Waals surface area (Å²) >= 11 is 0. The number of nitrogens with zero attached hydrogens (tertiary/aromatic N) is 1. The lowest BCUT2D eigenvalue weighted by atomic mass is 10.1. The van der Waals surface area contributed by atoms with E-state index in [2.05, 4.69) is 5.32 Å². The molecule has 3 N–H and O–H groups in total. The van der Waals surface area contributed by atoms with Gasteiger partial charge in [-0.2, -0.15) is 4.31 Å². The molecule has 2 aromatic rings. The summed E-state index contributed by atoms with van der Waals surface area (Å²) in [5.41, 5.74) is 6.53. The van der Waals surface area contributed by atoms with E-state index in [1.807, 2.05) is 0 Å². The third kappa shape index (κ3) is 4.35. The highest BCUT2D eigenvalue weighted by Crippen LogP contribution is 2.22. The molecular formula is C19H21N3O4S. The zero-order valence-electron chi connectivity index (χ0n) is 14.7.